The zero-order chi connectivity index (χ0) is 63.1. The van der Waals surface area contributed by atoms with Gasteiger partial charge in [-0.25, -0.2) is 0 Å². The standard InChI is InChI=1S/C76H145NO10/c1-3-5-7-9-11-13-15-17-19-21-23-25-27-29-30-31-32-33-34-35-36-37-38-39-40-42-44-46-48-50-52-54-56-58-60-62-64-69(80)75(85)77-67(66-86-76-74(84)73(83)72(82)70(65-78)87-76)71(81)68(79)63-61-59-57-55-53-51-49-47-45-43-41-28-26-24-22-20-18-16-14-12-10-8-6-4-2/h33-34,47,49,55,57,67-74,76,78-84H,3-32,35-46,48,50-54,56,58-66H2,1-2H3,(H,77,85)/b34-33-,49-47+,57-55+. The van der Waals surface area contributed by atoms with Gasteiger partial charge in [0.25, 0.3) is 0 Å². The highest BCUT2D eigenvalue weighted by molar-refractivity contribution is 5.80. The lowest BCUT2D eigenvalue weighted by Gasteiger charge is -2.40. The Morgan fingerprint density at radius 3 is 1.02 bits per heavy atom. The molecule has 1 fully saturated rings. The molecule has 9 atom stereocenters. The molecule has 0 radical (unpaired) electrons. The number of unbranched alkanes of at least 4 members (excludes halogenated alkanes) is 49. The zero-order valence-corrected chi connectivity index (χ0v) is 57.0. The largest absolute Gasteiger partial charge is 0.394 e. The van der Waals surface area contributed by atoms with Crippen molar-refractivity contribution in [3.63, 3.8) is 0 Å². The lowest BCUT2D eigenvalue weighted by atomic mass is 9.98. The predicted octanol–water partition coefficient (Wildman–Crippen LogP) is 18.9. The van der Waals surface area contributed by atoms with E-state index in [0.29, 0.717) is 19.3 Å². The molecule has 514 valence electrons. The van der Waals surface area contributed by atoms with Crippen LogP contribution in [0.4, 0.5) is 0 Å². The molecular weight excluding hydrogens is 1090 g/mol. The van der Waals surface area contributed by atoms with E-state index >= 15 is 0 Å². The van der Waals surface area contributed by atoms with Crippen molar-refractivity contribution >= 4 is 5.91 Å². The molecule has 1 rings (SSSR count). The number of carbonyl (C=O) groups is 1. The average molecular weight is 1230 g/mol. The van der Waals surface area contributed by atoms with Crippen LogP contribution in [0.25, 0.3) is 0 Å². The van der Waals surface area contributed by atoms with Gasteiger partial charge in [-0.15, -0.1) is 0 Å². The number of rotatable bonds is 67. The van der Waals surface area contributed by atoms with Crippen molar-refractivity contribution in [1.82, 2.24) is 5.32 Å². The quantitative estimate of drug-likeness (QED) is 0.0215. The van der Waals surface area contributed by atoms with Crippen molar-refractivity contribution in [2.45, 2.75) is 428 Å². The molecule has 9 unspecified atom stereocenters. The molecule has 87 heavy (non-hydrogen) atoms. The molecule has 0 saturated carbocycles. The number of ether oxygens (including phenoxy) is 2. The zero-order valence-electron chi connectivity index (χ0n) is 57.0. The second-order valence-corrected chi connectivity index (χ2v) is 26.7. The van der Waals surface area contributed by atoms with Crippen LogP contribution in [0.3, 0.4) is 0 Å². The lowest BCUT2D eigenvalue weighted by Crippen LogP contribution is -2.60. The van der Waals surface area contributed by atoms with Crippen molar-refractivity contribution in [3.8, 4) is 0 Å². The summed E-state index contributed by atoms with van der Waals surface area (Å²) in [6.07, 6.45) is 72.6. The second kappa shape index (κ2) is 64.4. The van der Waals surface area contributed by atoms with Crippen molar-refractivity contribution in [2.75, 3.05) is 13.2 Å². The molecule has 0 aromatic heterocycles. The highest BCUT2D eigenvalue weighted by Gasteiger charge is 2.44. The molecular formula is C76H145NO10. The summed E-state index contributed by atoms with van der Waals surface area (Å²) in [4.78, 5) is 13.3. The van der Waals surface area contributed by atoms with Crippen molar-refractivity contribution in [1.29, 1.82) is 0 Å². The Hall–Kier alpha value is -1.67. The van der Waals surface area contributed by atoms with Crippen LogP contribution in [-0.2, 0) is 14.3 Å². The van der Waals surface area contributed by atoms with Gasteiger partial charge >= 0.3 is 0 Å². The summed E-state index contributed by atoms with van der Waals surface area (Å²) in [5, 5.41) is 76.5. The van der Waals surface area contributed by atoms with Crippen LogP contribution in [0.15, 0.2) is 36.5 Å². The minimum absolute atomic E-state index is 0.248. The maximum absolute atomic E-state index is 13.3. The Morgan fingerprint density at radius 2 is 0.690 bits per heavy atom. The number of carbonyl (C=O) groups excluding carboxylic acids is 1. The summed E-state index contributed by atoms with van der Waals surface area (Å²) in [5.41, 5.74) is 0. The Kier molecular flexibility index (Phi) is 61.7. The van der Waals surface area contributed by atoms with Crippen LogP contribution >= 0.6 is 0 Å². The summed E-state index contributed by atoms with van der Waals surface area (Å²) in [5.74, 6) is -0.704. The van der Waals surface area contributed by atoms with Crippen LogP contribution in [0.2, 0.25) is 0 Å². The molecule has 8 N–H and O–H groups in total. The molecule has 1 heterocycles. The van der Waals surface area contributed by atoms with E-state index in [1.54, 1.807) is 0 Å². The first kappa shape index (κ1) is 83.3. The first-order valence-corrected chi connectivity index (χ1v) is 37.9. The van der Waals surface area contributed by atoms with Crippen molar-refractivity contribution in [3.05, 3.63) is 36.5 Å². The molecule has 0 aromatic carbocycles. The topological polar surface area (TPSA) is 189 Å². The van der Waals surface area contributed by atoms with Gasteiger partial charge in [0.1, 0.15) is 36.6 Å². The van der Waals surface area contributed by atoms with Gasteiger partial charge in [-0.3, -0.25) is 4.79 Å². The van der Waals surface area contributed by atoms with Crippen LogP contribution in [0, 0.1) is 0 Å². The first-order chi connectivity index (χ1) is 42.7. The van der Waals surface area contributed by atoms with Gasteiger partial charge in [0, 0.05) is 0 Å². The van der Waals surface area contributed by atoms with Gasteiger partial charge < -0.3 is 50.5 Å². The maximum atomic E-state index is 13.3. The molecule has 1 saturated heterocycles. The molecule has 0 bridgehead atoms. The van der Waals surface area contributed by atoms with E-state index in [1.165, 1.54) is 289 Å². The fourth-order valence-electron chi connectivity index (χ4n) is 12.3. The third kappa shape index (κ3) is 51.5. The fourth-order valence-corrected chi connectivity index (χ4v) is 12.3. The molecule has 1 aliphatic rings. The average Bonchev–Trinajstić information content (AvgIpc) is 1.97. The van der Waals surface area contributed by atoms with Crippen LogP contribution in [0.1, 0.15) is 373 Å². The van der Waals surface area contributed by atoms with Crippen LogP contribution in [-0.4, -0.2) is 110 Å². The fraction of sp³-hybridized carbons (Fsp3) is 0.908. The molecule has 1 amide bonds. The lowest BCUT2D eigenvalue weighted by molar-refractivity contribution is -0.303. The van der Waals surface area contributed by atoms with Gasteiger partial charge in [0.2, 0.25) is 5.91 Å². The minimum Gasteiger partial charge on any atom is -0.394 e. The van der Waals surface area contributed by atoms with E-state index in [0.717, 1.165) is 38.5 Å². The summed E-state index contributed by atoms with van der Waals surface area (Å²) in [6.45, 7) is 3.50. The SMILES string of the molecule is CCCCCCCCCCCCCCCCC/C=C/CC/C=C/CCCC(O)C(O)C(COC1OC(CO)C(O)C(O)C1O)NC(=O)C(O)CCCCCCCCCCCCCCCCCC/C=C\CCCCCCCCCCCCCCCCCC. The highest BCUT2D eigenvalue weighted by atomic mass is 16.7. The highest BCUT2D eigenvalue weighted by Crippen LogP contribution is 2.24. The summed E-state index contributed by atoms with van der Waals surface area (Å²) >= 11 is 0. The number of aliphatic hydroxyl groups is 7. The van der Waals surface area contributed by atoms with E-state index in [9.17, 15) is 40.5 Å². The van der Waals surface area contributed by atoms with Gasteiger partial charge in [0.05, 0.1) is 25.4 Å². The monoisotopic (exact) mass is 1230 g/mol. The van der Waals surface area contributed by atoms with Gasteiger partial charge in [-0.2, -0.15) is 0 Å². The maximum Gasteiger partial charge on any atom is 0.249 e. The smallest absolute Gasteiger partial charge is 0.249 e. The van der Waals surface area contributed by atoms with Crippen molar-refractivity contribution in [2.24, 2.45) is 0 Å². The Labute approximate surface area is 537 Å². The number of hydrogen-bond acceptors (Lipinski definition) is 10. The van der Waals surface area contributed by atoms with E-state index in [-0.39, 0.29) is 12.8 Å². The first-order valence-electron chi connectivity index (χ1n) is 37.9. The minimum atomic E-state index is -1.67. The summed E-state index contributed by atoms with van der Waals surface area (Å²) < 4.78 is 11.2. The van der Waals surface area contributed by atoms with Gasteiger partial charge in [0.15, 0.2) is 6.29 Å². The Morgan fingerprint density at radius 1 is 0.391 bits per heavy atom. The number of aliphatic hydroxyl groups excluding tert-OH is 7. The van der Waals surface area contributed by atoms with Crippen LogP contribution in [0.5, 0.6) is 0 Å². The third-order valence-electron chi connectivity index (χ3n) is 18.4. The summed E-state index contributed by atoms with van der Waals surface area (Å²) in [7, 11) is 0. The molecule has 11 heteroatoms. The van der Waals surface area contributed by atoms with E-state index < -0.39 is 74.2 Å². The second-order valence-electron chi connectivity index (χ2n) is 26.7. The molecule has 0 aliphatic carbocycles. The predicted molar refractivity (Wildman–Crippen MR) is 367 cm³/mol. The summed E-state index contributed by atoms with van der Waals surface area (Å²) in [6, 6.07) is -1.19. The normalized spacial score (nSPS) is 18.8. The van der Waals surface area contributed by atoms with Crippen molar-refractivity contribution < 1.29 is 50.0 Å². The van der Waals surface area contributed by atoms with E-state index in [1.807, 2.05) is 0 Å². The Balaban J connectivity index is 2.16. The molecule has 1 aliphatic heterocycles. The third-order valence-corrected chi connectivity index (χ3v) is 18.4. The van der Waals surface area contributed by atoms with Gasteiger partial charge in [-0.05, 0) is 77.0 Å². The number of nitrogens with one attached hydrogen (secondary N) is 1. The van der Waals surface area contributed by atoms with Gasteiger partial charge in [-0.1, -0.05) is 333 Å². The molecule has 0 aromatic rings. The number of hydrogen-bond donors (Lipinski definition) is 8. The molecule has 11 nitrogen and oxygen atoms in total. The van der Waals surface area contributed by atoms with E-state index in [4.69, 9.17) is 9.47 Å². The Bertz CT molecular complexity index is 1510. The molecule has 0 spiro atoms. The van der Waals surface area contributed by atoms with E-state index in [2.05, 4.69) is 55.6 Å². The van der Waals surface area contributed by atoms with Crippen LogP contribution < -0.4 is 5.32 Å². The number of allylic oxidation sites excluding steroid dienone is 6. The number of amides is 1.